The van der Waals surface area contributed by atoms with E-state index in [1.54, 1.807) is 17.9 Å². The van der Waals surface area contributed by atoms with E-state index in [1.807, 2.05) is 31.2 Å². The molecule has 1 aromatic heterocycles. The van der Waals surface area contributed by atoms with Gasteiger partial charge in [-0.25, -0.2) is 9.37 Å². The average Bonchev–Trinajstić information content (AvgIpc) is 2.84. The number of nitrogens with one attached hydrogen (secondary N) is 1. The first-order chi connectivity index (χ1) is 13.4. The quantitative estimate of drug-likeness (QED) is 0.643. The van der Waals surface area contributed by atoms with E-state index in [2.05, 4.69) is 5.32 Å². The average molecular weight is 398 g/mol. The standard InChI is InChI=1S/C22H21ClFN3O/c1-13-3-7-19(23)18-6-8-21(26-22(13)18)25-20-9-10-27(14(2)28)12-15-11-16(24)4-5-17(15)20/h3-8,11,20H,9-10,12H2,1-2H3,(H,25,26). The number of nitrogens with zero attached hydrogens (tertiary/aromatic N) is 2. The van der Waals surface area contributed by atoms with Crippen LogP contribution in [0.2, 0.25) is 5.02 Å². The Morgan fingerprint density at radius 1 is 1.25 bits per heavy atom. The SMILES string of the molecule is CC(=O)N1CCC(Nc2ccc3c(Cl)ccc(C)c3n2)c2ccc(F)cc2C1. The molecule has 1 aliphatic rings. The van der Waals surface area contributed by atoms with E-state index in [9.17, 15) is 9.18 Å². The summed E-state index contributed by atoms with van der Waals surface area (Å²) in [4.78, 5) is 18.4. The lowest BCUT2D eigenvalue weighted by atomic mass is 9.99. The van der Waals surface area contributed by atoms with Crippen LogP contribution in [-0.2, 0) is 11.3 Å². The lowest BCUT2D eigenvalue weighted by molar-refractivity contribution is -0.129. The van der Waals surface area contributed by atoms with E-state index in [0.717, 1.165) is 33.4 Å². The number of anilines is 1. The molecule has 1 N–H and O–H groups in total. The second kappa shape index (κ2) is 7.40. The van der Waals surface area contributed by atoms with Crippen molar-refractivity contribution in [3.05, 3.63) is 70.0 Å². The maximum Gasteiger partial charge on any atom is 0.219 e. The first-order valence-electron chi connectivity index (χ1n) is 9.28. The van der Waals surface area contributed by atoms with Gasteiger partial charge in [0.15, 0.2) is 0 Å². The van der Waals surface area contributed by atoms with Crippen molar-refractivity contribution in [1.29, 1.82) is 0 Å². The number of carbonyl (C=O) groups excluding carboxylic acids is 1. The number of benzene rings is 2. The van der Waals surface area contributed by atoms with E-state index in [0.29, 0.717) is 24.5 Å². The van der Waals surface area contributed by atoms with Crippen LogP contribution >= 0.6 is 11.6 Å². The van der Waals surface area contributed by atoms with E-state index in [-0.39, 0.29) is 17.8 Å². The van der Waals surface area contributed by atoms with Gasteiger partial charge in [0.2, 0.25) is 5.91 Å². The van der Waals surface area contributed by atoms with Crippen molar-refractivity contribution in [3.8, 4) is 0 Å². The highest BCUT2D eigenvalue weighted by Gasteiger charge is 2.24. The molecule has 1 unspecified atom stereocenters. The maximum atomic E-state index is 13.8. The minimum Gasteiger partial charge on any atom is -0.363 e. The number of hydrogen-bond donors (Lipinski definition) is 1. The molecule has 1 atom stereocenters. The molecule has 2 heterocycles. The number of aryl methyl sites for hydroxylation is 1. The molecule has 0 bridgehead atoms. The molecule has 1 aliphatic heterocycles. The van der Waals surface area contributed by atoms with Gasteiger partial charge in [-0.05, 0) is 60.4 Å². The number of amides is 1. The Morgan fingerprint density at radius 2 is 2.07 bits per heavy atom. The third-order valence-corrected chi connectivity index (χ3v) is 5.63. The van der Waals surface area contributed by atoms with Gasteiger partial charge in [-0.3, -0.25) is 4.79 Å². The van der Waals surface area contributed by atoms with Gasteiger partial charge in [-0.2, -0.15) is 0 Å². The fraction of sp³-hybridized carbons (Fsp3) is 0.273. The van der Waals surface area contributed by atoms with Gasteiger partial charge in [-0.1, -0.05) is 23.7 Å². The molecule has 0 radical (unpaired) electrons. The van der Waals surface area contributed by atoms with Crippen LogP contribution in [0.3, 0.4) is 0 Å². The van der Waals surface area contributed by atoms with Crippen molar-refractivity contribution >= 4 is 34.2 Å². The molecule has 4 rings (SSSR count). The smallest absolute Gasteiger partial charge is 0.219 e. The zero-order valence-corrected chi connectivity index (χ0v) is 16.6. The number of pyridine rings is 1. The normalized spacial score (nSPS) is 16.6. The summed E-state index contributed by atoms with van der Waals surface area (Å²) in [6.45, 7) is 4.57. The monoisotopic (exact) mass is 397 g/mol. The van der Waals surface area contributed by atoms with Crippen LogP contribution in [0.5, 0.6) is 0 Å². The van der Waals surface area contributed by atoms with Crippen molar-refractivity contribution in [3.63, 3.8) is 0 Å². The van der Waals surface area contributed by atoms with Gasteiger partial charge < -0.3 is 10.2 Å². The van der Waals surface area contributed by atoms with Gasteiger partial charge in [0.25, 0.3) is 0 Å². The summed E-state index contributed by atoms with van der Waals surface area (Å²) in [5.74, 6) is 0.427. The molecule has 4 nitrogen and oxygen atoms in total. The van der Waals surface area contributed by atoms with Crippen LogP contribution in [0.4, 0.5) is 10.2 Å². The maximum absolute atomic E-state index is 13.8. The Kier molecular flexibility index (Phi) is 4.94. The molecule has 6 heteroatoms. The Hall–Kier alpha value is -2.66. The summed E-state index contributed by atoms with van der Waals surface area (Å²) >= 11 is 6.29. The molecule has 0 saturated carbocycles. The Labute approximate surface area is 168 Å². The molecule has 144 valence electrons. The molecule has 1 amide bonds. The van der Waals surface area contributed by atoms with Crippen LogP contribution in [0.25, 0.3) is 10.9 Å². The molecule has 0 fully saturated rings. The van der Waals surface area contributed by atoms with Gasteiger partial charge in [0, 0.05) is 30.4 Å². The summed E-state index contributed by atoms with van der Waals surface area (Å²) in [7, 11) is 0. The van der Waals surface area contributed by atoms with Gasteiger partial charge >= 0.3 is 0 Å². The number of fused-ring (bicyclic) bond motifs is 2. The summed E-state index contributed by atoms with van der Waals surface area (Å²) in [5.41, 5.74) is 3.73. The highest BCUT2D eigenvalue weighted by molar-refractivity contribution is 6.35. The van der Waals surface area contributed by atoms with Crippen LogP contribution in [0, 0.1) is 12.7 Å². The van der Waals surface area contributed by atoms with Gasteiger partial charge in [0.05, 0.1) is 11.6 Å². The second-order valence-electron chi connectivity index (χ2n) is 7.23. The number of halogens is 2. The van der Waals surface area contributed by atoms with Crippen molar-refractivity contribution in [2.75, 3.05) is 11.9 Å². The van der Waals surface area contributed by atoms with Crippen LogP contribution in [-0.4, -0.2) is 22.3 Å². The topological polar surface area (TPSA) is 45.2 Å². The highest BCUT2D eigenvalue weighted by atomic mass is 35.5. The second-order valence-corrected chi connectivity index (χ2v) is 7.63. The fourth-order valence-electron chi connectivity index (χ4n) is 3.77. The van der Waals surface area contributed by atoms with E-state index in [4.69, 9.17) is 16.6 Å². The number of rotatable bonds is 2. The summed E-state index contributed by atoms with van der Waals surface area (Å²) < 4.78 is 13.8. The first kappa shape index (κ1) is 18.7. The third-order valence-electron chi connectivity index (χ3n) is 5.30. The fourth-order valence-corrected chi connectivity index (χ4v) is 3.99. The molecule has 28 heavy (non-hydrogen) atoms. The minimum atomic E-state index is -0.294. The largest absolute Gasteiger partial charge is 0.363 e. The zero-order chi connectivity index (χ0) is 19.8. The Balaban J connectivity index is 1.71. The van der Waals surface area contributed by atoms with E-state index >= 15 is 0 Å². The highest BCUT2D eigenvalue weighted by Crippen LogP contribution is 2.32. The Bertz CT molecular complexity index is 1070. The molecule has 0 aliphatic carbocycles. The van der Waals surface area contributed by atoms with Crippen molar-refractivity contribution < 1.29 is 9.18 Å². The van der Waals surface area contributed by atoms with Crippen molar-refractivity contribution in [2.45, 2.75) is 32.9 Å². The molecular weight excluding hydrogens is 377 g/mol. The lowest BCUT2D eigenvalue weighted by Gasteiger charge is -2.20. The zero-order valence-electron chi connectivity index (χ0n) is 15.8. The van der Waals surface area contributed by atoms with Crippen LogP contribution in [0.15, 0.2) is 42.5 Å². The summed E-state index contributed by atoms with van der Waals surface area (Å²) in [6, 6.07) is 12.4. The molecular formula is C22H21ClFN3O. The molecule has 0 saturated heterocycles. The van der Waals surface area contributed by atoms with E-state index in [1.165, 1.54) is 12.1 Å². The van der Waals surface area contributed by atoms with Crippen molar-refractivity contribution in [1.82, 2.24) is 9.88 Å². The molecule has 2 aromatic carbocycles. The Morgan fingerprint density at radius 3 is 2.86 bits per heavy atom. The number of hydrogen-bond acceptors (Lipinski definition) is 3. The predicted molar refractivity (Wildman–Crippen MR) is 110 cm³/mol. The first-order valence-corrected chi connectivity index (χ1v) is 9.66. The van der Waals surface area contributed by atoms with Gasteiger partial charge in [-0.15, -0.1) is 0 Å². The van der Waals surface area contributed by atoms with Crippen LogP contribution < -0.4 is 5.32 Å². The molecule has 0 spiro atoms. The summed E-state index contributed by atoms with van der Waals surface area (Å²) in [5, 5.41) is 5.07. The summed E-state index contributed by atoms with van der Waals surface area (Å²) in [6.07, 6.45) is 0.715. The third kappa shape index (κ3) is 3.54. The minimum absolute atomic E-state index is 0.00930. The van der Waals surface area contributed by atoms with Crippen LogP contribution in [0.1, 0.15) is 36.1 Å². The molecule has 3 aromatic rings. The van der Waals surface area contributed by atoms with Crippen molar-refractivity contribution in [2.24, 2.45) is 0 Å². The number of carbonyl (C=O) groups is 1. The predicted octanol–water partition coefficient (Wildman–Crippen LogP) is 5.24. The number of aromatic nitrogens is 1. The lowest BCUT2D eigenvalue weighted by Crippen LogP contribution is -2.28. The van der Waals surface area contributed by atoms with Gasteiger partial charge in [0.1, 0.15) is 11.6 Å². The van der Waals surface area contributed by atoms with E-state index < -0.39 is 0 Å².